The molecule has 1 aromatic carbocycles. The number of carboxylic acid groups (broad SMARTS) is 1. The zero-order valence-corrected chi connectivity index (χ0v) is 24.2. The topological polar surface area (TPSA) is 176 Å². The van der Waals surface area contributed by atoms with Crippen LogP contribution >= 0.6 is 0 Å². The number of fused-ring (bicyclic) bond motifs is 1. The molecule has 1 atom stereocenters. The summed E-state index contributed by atoms with van der Waals surface area (Å²) in [5.41, 5.74) is 1.43. The molecule has 1 unspecified atom stereocenters. The van der Waals surface area contributed by atoms with Crippen LogP contribution in [0.1, 0.15) is 52.0 Å². The molecule has 1 saturated heterocycles. The van der Waals surface area contributed by atoms with Crippen molar-refractivity contribution in [2.45, 2.75) is 38.1 Å². The van der Waals surface area contributed by atoms with E-state index in [2.05, 4.69) is 5.32 Å². The Balaban J connectivity index is 1.13. The van der Waals surface area contributed by atoms with Gasteiger partial charge in [0.25, 0.3) is 11.8 Å². The summed E-state index contributed by atoms with van der Waals surface area (Å²) in [5.74, 6) is -2.94. The first-order valence-electron chi connectivity index (χ1n) is 14.4. The predicted molar refractivity (Wildman–Crippen MR) is 149 cm³/mol. The standard InChI is InChI=1S/C29H40N2O12/c32-25-6-5-24(27(35)30-25)31-28(36)22-4-3-21(20-23(22)29(31)37)2-1-8-38-10-12-40-14-16-42-18-19-43-17-15-41-13-11-39-9-7-26(33)34/h3-4,20,24H,1-2,5-19H2,(H,33,34)(H,30,32,35). The second-order valence-corrected chi connectivity index (χ2v) is 9.75. The molecule has 0 bridgehead atoms. The molecule has 0 radical (unpaired) electrons. The summed E-state index contributed by atoms with van der Waals surface area (Å²) in [6.07, 6.45) is 1.56. The number of carboxylic acids is 1. The van der Waals surface area contributed by atoms with E-state index in [-0.39, 0.29) is 37.0 Å². The van der Waals surface area contributed by atoms with Gasteiger partial charge in [0, 0.05) is 13.0 Å². The van der Waals surface area contributed by atoms with Gasteiger partial charge in [-0.1, -0.05) is 6.07 Å². The van der Waals surface area contributed by atoms with Gasteiger partial charge in [-0.15, -0.1) is 0 Å². The van der Waals surface area contributed by atoms with E-state index < -0.39 is 35.6 Å². The molecule has 2 aliphatic rings. The van der Waals surface area contributed by atoms with E-state index in [1.165, 1.54) is 0 Å². The van der Waals surface area contributed by atoms with E-state index in [1.807, 2.05) is 0 Å². The highest BCUT2D eigenvalue weighted by Gasteiger charge is 2.44. The Kier molecular flexibility index (Phi) is 15.2. The molecular formula is C29H40N2O12. The molecule has 1 aromatic rings. The number of nitrogens with zero attached hydrogens (tertiary/aromatic N) is 1. The molecule has 14 nitrogen and oxygen atoms in total. The molecule has 2 N–H and O–H groups in total. The number of benzene rings is 1. The molecule has 238 valence electrons. The summed E-state index contributed by atoms with van der Waals surface area (Å²) in [7, 11) is 0. The minimum Gasteiger partial charge on any atom is -0.481 e. The van der Waals surface area contributed by atoms with Crippen LogP contribution in [0.15, 0.2) is 18.2 Å². The summed E-state index contributed by atoms with van der Waals surface area (Å²) in [6, 6.07) is 4.12. The highest BCUT2D eigenvalue weighted by Crippen LogP contribution is 2.28. The third kappa shape index (κ3) is 11.7. The predicted octanol–water partition coefficient (Wildman–Crippen LogP) is 0.595. The lowest BCUT2D eigenvalue weighted by Gasteiger charge is -2.27. The number of ether oxygens (including phenoxy) is 6. The van der Waals surface area contributed by atoms with Crippen molar-refractivity contribution < 1.29 is 57.5 Å². The number of piperidine rings is 1. The Morgan fingerprint density at radius 1 is 0.744 bits per heavy atom. The van der Waals surface area contributed by atoms with Gasteiger partial charge < -0.3 is 33.5 Å². The van der Waals surface area contributed by atoms with Gasteiger partial charge >= 0.3 is 5.97 Å². The monoisotopic (exact) mass is 608 g/mol. The number of amides is 4. The number of hydrogen-bond donors (Lipinski definition) is 2. The van der Waals surface area contributed by atoms with Gasteiger partial charge in [0.1, 0.15) is 6.04 Å². The van der Waals surface area contributed by atoms with Crippen molar-refractivity contribution in [3.8, 4) is 0 Å². The number of rotatable bonds is 23. The van der Waals surface area contributed by atoms with Gasteiger partial charge in [-0.2, -0.15) is 0 Å². The van der Waals surface area contributed by atoms with E-state index in [4.69, 9.17) is 33.5 Å². The lowest BCUT2D eigenvalue weighted by molar-refractivity contribution is -0.138. The molecule has 2 aliphatic heterocycles. The summed E-state index contributed by atoms with van der Waals surface area (Å²) in [6.45, 7) is 4.89. The third-order valence-electron chi connectivity index (χ3n) is 6.58. The molecule has 0 aliphatic carbocycles. The van der Waals surface area contributed by atoms with Crippen molar-refractivity contribution in [1.29, 1.82) is 0 Å². The fraction of sp³-hybridized carbons (Fsp3) is 0.621. The average Bonchev–Trinajstić information content (AvgIpc) is 3.22. The number of carbonyl (C=O) groups is 5. The second-order valence-electron chi connectivity index (χ2n) is 9.75. The number of carbonyl (C=O) groups excluding carboxylic acids is 4. The molecule has 3 rings (SSSR count). The van der Waals surface area contributed by atoms with Gasteiger partial charge in [-0.05, 0) is 37.0 Å². The molecule has 4 amide bonds. The van der Waals surface area contributed by atoms with Crippen molar-refractivity contribution in [2.24, 2.45) is 0 Å². The number of imide groups is 2. The third-order valence-corrected chi connectivity index (χ3v) is 6.58. The van der Waals surface area contributed by atoms with Crippen LogP contribution in [-0.2, 0) is 49.2 Å². The fourth-order valence-electron chi connectivity index (χ4n) is 4.41. The van der Waals surface area contributed by atoms with Crippen LogP contribution in [-0.4, -0.2) is 125 Å². The smallest absolute Gasteiger partial charge is 0.305 e. The van der Waals surface area contributed by atoms with E-state index in [1.54, 1.807) is 18.2 Å². The van der Waals surface area contributed by atoms with Gasteiger partial charge in [0.15, 0.2) is 0 Å². The minimum atomic E-state index is -0.974. The van der Waals surface area contributed by atoms with Crippen molar-refractivity contribution in [2.75, 3.05) is 79.3 Å². The van der Waals surface area contributed by atoms with Crippen LogP contribution in [0.5, 0.6) is 0 Å². The molecule has 0 saturated carbocycles. The van der Waals surface area contributed by atoms with Crippen LogP contribution in [0.25, 0.3) is 0 Å². The Hall–Kier alpha value is -3.27. The second kappa shape index (κ2) is 19.1. The lowest BCUT2D eigenvalue weighted by Crippen LogP contribution is -2.54. The zero-order valence-electron chi connectivity index (χ0n) is 24.2. The van der Waals surface area contributed by atoms with Crippen molar-refractivity contribution in [3.63, 3.8) is 0 Å². The Labute approximate surface area is 249 Å². The highest BCUT2D eigenvalue weighted by molar-refractivity contribution is 6.23. The number of aryl methyl sites for hydroxylation is 1. The van der Waals surface area contributed by atoms with Crippen LogP contribution in [0.3, 0.4) is 0 Å². The van der Waals surface area contributed by atoms with Crippen molar-refractivity contribution >= 4 is 29.6 Å². The zero-order chi connectivity index (χ0) is 30.9. The lowest BCUT2D eigenvalue weighted by atomic mass is 10.0. The first-order chi connectivity index (χ1) is 20.9. The minimum absolute atomic E-state index is 0.0184. The molecular weight excluding hydrogens is 568 g/mol. The summed E-state index contributed by atoms with van der Waals surface area (Å²) < 4.78 is 32.3. The molecule has 14 heteroatoms. The van der Waals surface area contributed by atoms with Crippen LogP contribution in [0, 0.1) is 0 Å². The molecule has 43 heavy (non-hydrogen) atoms. The first kappa shape index (κ1) is 34.2. The molecule has 0 spiro atoms. The SMILES string of the molecule is O=C(O)CCOCCOCCOCCOCCOCCOCCCc1ccc2c(c1)C(=O)N(C1CCC(=O)NC1=O)C2=O. The maximum absolute atomic E-state index is 12.9. The number of hydrogen-bond acceptors (Lipinski definition) is 11. The van der Waals surface area contributed by atoms with Gasteiger partial charge in [0.05, 0.1) is 90.2 Å². The molecule has 1 fully saturated rings. The summed E-state index contributed by atoms with van der Waals surface area (Å²) >= 11 is 0. The average molecular weight is 609 g/mol. The Morgan fingerprint density at radius 2 is 1.26 bits per heavy atom. The quantitative estimate of drug-likeness (QED) is 0.131. The van der Waals surface area contributed by atoms with Gasteiger partial charge in [-0.3, -0.25) is 34.2 Å². The first-order valence-corrected chi connectivity index (χ1v) is 14.4. The maximum Gasteiger partial charge on any atom is 0.305 e. The largest absolute Gasteiger partial charge is 0.481 e. The Bertz CT molecular complexity index is 1100. The Morgan fingerprint density at radius 3 is 1.79 bits per heavy atom. The van der Waals surface area contributed by atoms with E-state index in [0.717, 1.165) is 10.5 Å². The van der Waals surface area contributed by atoms with E-state index >= 15 is 0 Å². The maximum atomic E-state index is 12.9. The number of nitrogens with one attached hydrogen (secondary N) is 1. The van der Waals surface area contributed by atoms with Crippen LogP contribution in [0.4, 0.5) is 0 Å². The van der Waals surface area contributed by atoms with Crippen LogP contribution < -0.4 is 5.32 Å². The van der Waals surface area contributed by atoms with E-state index in [9.17, 15) is 24.0 Å². The fourth-order valence-corrected chi connectivity index (χ4v) is 4.41. The molecule has 2 heterocycles. The van der Waals surface area contributed by atoms with Crippen molar-refractivity contribution in [1.82, 2.24) is 10.2 Å². The summed E-state index contributed by atoms with van der Waals surface area (Å²) in [5, 5.41) is 10.7. The van der Waals surface area contributed by atoms with Gasteiger partial charge in [0.2, 0.25) is 11.8 Å². The van der Waals surface area contributed by atoms with Crippen molar-refractivity contribution in [3.05, 3.63) is 34.9 Å². The summed E-state index contributed by atoms with van der Waals surface area (Å²) in [4.78, 5) is 60.6. The normalized spacial score (nSPS) is 16.6. The van der Waals surface area contributed by atoms with Crippen LogP contribution in [0.2, 0.25) is 0 Å². The number of aliphatic carboxylic acids is 1. The van der Waals surface area contributed by atoms with E-state index in [0.29, 0.717) is 85.5 Å². The molecule has 0 aromatic heterocycles. The van der Waals surface area contributed by atoms with Gasteiger partial charge in [-0.25, -0.2) is 0 Å². The highest BCUT2D eigenvalue weighted by atomic mass is 16.6.